The van der Waals surface area contributed by atoms with E-state index in [1.807, 2.05) is 6.07 Å². The van der Waals surface area contributed by atoms with Crippen molar-refractivity contribution in [1.82, 2.24) is 10.1 Å². The number of hydrogen-bond acceptors (Lipinski definition) is 7. The summed E-state index contributed by atoms with van der Waals surface area (Å²) in [6.07, 6.45) is -4.45. The van der Waals surface area contributed by atoms with E-state index in [9.17, 15) is 32.7 Å². The molecule has 2 amide bonds. The predicted octanol–water partition coefficient (Wildman–Crippen LogP) is 5.07. The maximum atomic E-state index is 14.0. The van der Waals surface area contributed by atoms with E-state index >= 15 is 0 Å². The molecule has 0 spiro atoms. The van der Waals surface area contributed by atoms with Crippen molar-refractivity contribution in [2.75, 3.05) is 19.5 Å². The van der Waals surface area contributed by atoms with Crippen molar-refractivity contribution < 1.29 is 41.9 Å². The fourth-order valence-corrected chi connectivity index (χ4v) is 4.71. The van der Waals surface area contributed by atoms with Crippen LogP contribution in [0.4, 0.5) is 23.7 Å². The lowest BCUT2D eigenvalue weighted by molar-refractivity contribution is -0.138. The lowest BCUT2D eigenvalue weighted by Crippen LogP contribution is -2.42. The summed E-state index contributed by atoms with van der Waals surface area (Å²) in [6.45, 7) is 1.50. The number of benzene rings is 2. The molecule has 0 radical (unpaired) electrons. The number of aromatic carboxylic acids is 1. The normalized spacial score (nSPS) is 16.3. The molecular formula is C27H21F3N4O6. The summed E-state index contributed by atoms with van der Waals surface area (Å²) in [6, 6.07) is 10.4. The van der Waals surface area contributed by atoms with Gasteiger partial charge in [0, 0.05) is 24.6 Å². The van der Waals surface area contributed by atoms with E-state index in [1.54, 1.807) is 0 Å². The van der Waals surface area contributed by atoms with Gasteiger partial charge in [0.2, 0.25) is 0 Å². The Balaban J connectivity index is 1.83. The molecule has 0 saturated carbocycles. The van der Waals surface area contributed by atoms with Crippen LogP contribution >= 0.6 is 0 Å². The van der Waals surface area contributed by atoms with E-state index in [1.165, 1.54) is 50.4 Å². The van der Waals surface area contributed by atoms with Crippen LogP contribution in [-0.4, -0.2) is 47.3 Å². The third kappa shape index (κ3) is 4.86. The summed E-state index contributed by atoms with van der Waals surface area (Å²) in [4.78, 5) is 38.4. The number of ether oxygens (including phenoxy) is 1. The van der Waals surface area contributed by atoms with Crippen LogP contribution in [0.15, 0.2) is 52.7 Å². The van der Waals surface area contributed by atoms with Crippen LogP contribution in [0.5, 0.6) is 0 Å². The number of carbonyl (C=O) groups excluding carboxylic acids is 2. The lowest BCUT2D eigenvalue weighted by Gasteiger charge is -2.39. The maximum absolute atomic E-state index is 14.0. The Kier molecular flexibility index (Phi) is 7.13. The number of carboxylic acids is 1. The number of anilines is 1. The van der Waals surface area contributed by atoms with E-state index in [-0.39, 0.29) is 51.5 Å². The highest BCUT2D eigenvalue weighted by atomic mass is 19.4. The topological polar surface area (TPSA) is 146 Å². The Morgan fingerprint density at radius 2 is 1.93 bits per heavy atom. The zero-order valence-corrected chi connectivity index (χ0v) is 21.3. The first-order valence-corrected chi connectivity index (χ1v) is 11.6. The molecule has 1 heterocycles. The summed E-state index contributed by atoms with van der Waals surface area (Å²) < 4.78 is 52.2. The van der Waals surface area contributed by atoms with E-state index in [2.05, 4.69) is 10.5 Å². The largest absolute Gasteiger partial charge is 0.478 e. The monoisotopic (exact) mass is 554 g/mol. The Labute approximate surface area is 225 Å². The van der Waals surface area contributed by atoms with Crippen molar-refractivity contribution in [3.8, 4) is 6.07 Å². The van der Waals surface area contributed by atoms with Crippen molar-refractivity contribution in [2.24, 2.45) is 0 Å². The Morgan fingerprint density at radius 3 is 2.55 bits per heavy atom. The Morgan fingerprint density at radius 1 is 1.23 bits per heavy atom. The minimum absolute atomic E-state index is 0.0612. The molecule has 0 saturated heterocycles. The van der Waals surface area contributed by atoms with Crippen LogP contribution in [0.25, 0.3) is 6.08 Å². The van der Waals surface area contributed by atoms with Gasteiger partial charge in [0.25, 0.3) is 5.91 Å². The van der Waals surface area contributed by atoms with Crippen molar-refractivity contribution in [2.45, 2.75) is 24.9 Å². The molecule has 0 bridgehead atoms. The number of amides is 2. The van der Waals surface area contributed by atoms with Crippen molar-refractivity contribution >= 4 is 29.7 Å². The van der Waals surface area contributed by atoms with Gasteiger partial charge in [0.15, 0.2) is 5.69 Å². The molecular weight excluding hydrogens is 533 g/mol. The number of likely N-dealkylation sites (N-methyl/N-ethyl adjacent to an activating group) is 1. The molecule has 1 aliphatic rings. The molecule has 1 aromatic heterocycles. The van der Waals surface area contributed by atoms with Crippen LogP contribution in [0.1, 0.15) is 55.8 Å². The molecule has 1 unspecified atom stereocenters. The first-order valence-electron chi connectivity index (χ1n) is 11.6. The fraction of sp³-hybridized carbons (Fsp3) is 0.222. The molecule has 0 fully saturated rings. The third-order valence-corrected chi connectivity index (χ3v) is 6.64. The molecule has 0 aliphatic heterocycles. The lowest BCUT2D eigenvalue weighted by atomic mass is 9.70. The molecule has 1 aliphatic carbocycles. The van der Waals surface area contributed by atoms with Gasteiger partial charge in [-0.2, -0.15) is 18.4 Å². The van der Waals surface area contributed by atoms with Crippen LogP contribution < -0.4 is 5.32 Å². The van der Waals surface area contributed by atoms with Gasteiger partial charge in [-0.1, -0.05) is 23.4 Å². The molecule has 13 heteroatoms. The van der Waals surface area contributed by atoms with Gasteiger partial charge in [-0.3, -0.25) is 9.69 Å². The fourth-order valence-electron chi connectivity index (χ4n) is 4.71. The van der Waals surface area contributed by atoms with E-state index in [0.717, 1.165) is 24.1 Å². The molecule has 2 N–H and O–H groups in total. The maximum Gasteiger partial charge on any atom is 0.416 e. The average Bonchev–Trinajstić information content (AvgIpc) is 3.33. The molecule has 1 atom stereocenters. The van der Waals surface area contributed by atoms with Crippen molar-refractivity contribution in [3.05, 3.63) is 87.4 Å². The van der Waals surface area contributed by atoms with Crippen LogP contribution in [-0.2, 0) is 22.7 Å². The SMILES string of the molecule is COC(=O)N(C)C1=Cc2c(C(=O)Nc3ccc(C#N)cc3C(=O)O)noc2CC1(C)c1ccccc1C(F)(F)F. The number of nitrogens with zero attached hydrogens (tertiary/aromatic N) is 3. The average molecular weight is 554 g/mol. The van der Waals surface area contributed by atoms with Gasteiger partial charge < -0.3 is 19.7 Å². The standard InChI is InChI=1S/C27H21F3N4O6/c1-26(17-6-4-5-7-18(17)27(28,29)30)12-20-16(11-21(26)34(2)25(38)39-3)22(33-40-20)23(35)32-19-9-8-14(13-31)10-15(19)24(36)37/h4-11H,12H2,1-3H3,(H,32,35)(H,36,37). The number of nitrogens with one attached hydrogen (secondary N) is 1. The highest BCUT2D eigenvalue weighted by molar-refractivity contribution is 6.08. The van der Waals surface area contributed by atoms with Crippen LogP contribution in [0, 0.1) is 11.3 Å². The van der Waals surface area contributed by atoms with E-state index < -0.39 is 35.1 Å². The van der Waals surface area contributed by atoms with Crippen molar-refractivity contribution in [3.63, 3.8) is 0 Å². The summed E-state index contributed by atoms with van der Waals surface area (Å²) in [7, 11) is 2.44. The van der Waals surface area contributed by atoms with Crippen LogP contribution in [0.3, 0.4) is 0 Å². The molecule has 4 rings (SSSR count). The smallest absolute Gasteiger partial charge is 0.416 e. The zero-order valence-electron chi connectivity index (χ0n) is 21.3. The number of halogens is 3. The minimum atomic E-state index is -4.70. The highest BCUT2D eigenvalue weighted by Gasteiger charge is 2.46. The number of carbonyl (C=O) groups is 3. The third-order valence-electron chi connectivity index (χ3n) is 6.64. The highest BCUT2D eigenvalue weighted by Crippen LogP contribution is 2.47. The minimum Gasteiger partial charge on any atom is -0.478 e. The molecule has 206 valence electrons. The quantitative estimate of drug-likeness (QED) is 0.445. The van der Waals surface area contributed by atoms with Gasteiger partial charge in [0.1, 0.15) is 5.76 Å². The Hall–Kier alpha value is -5.12. The van der Waals surface area contributed by atoms with Crippen LogP contribution in [0.2, 0.25) is 0 Å². The number of aromatic nitrogens is 1. The second-order valence-electron chi connectivity index (χ2n) is 9.11. The number of allylic oxidation sites excluding steroid dienone is 1. The number of alkyl halides is 3. The van der Waals surface area contributed by atoms with Gasteiger partial charge in [-0.25, -0.2) is 9.59 Å². The van der Waals surface area contributed by atoms with Gasteiger partial charge >= 0.3 is 18.2 Å². The molecule has 2 aromatic carbocycles. The number of rotatable bonds is 5. The van der Waals surface area contributed by atoms with E-state index in [0.29, 0.717) is 0 Å². The Bertz CT molecular complexity index is 1600. The molecule has 10 nitrogen and oxygen atoms in total. The number of nitriles is 1. The van der Waals surface area contributed by atoms with Gasteiger partial charge in [-0.05, 0) is 42.8 Å². The number of methoxy groups -OCH3 is 1. The predicted molar refractivity (Wildman–Crippen MR) is 133 cm³/mol. The second kappa shape index (κ2) is 10.2. The first kappa shape index (κ1) is 27.9. The second-order valence-corrected chi connectivity index (χ2v) is 9.11. The zero-order chi connectivity index (χ0) is 29.4. The molecule has 40 heavy (non-hydrogen) atoms. The summed E-state index contributed by atoms with van der Waals surface area (Å²) >= 11 is 0. The molecule has 3 aromatic rings. The number of fused-ring (bicyclic) bond motifs is 1. The number of hydrogen-bond donors (Lipinski definition) is 2. The number of carboxylic acid groups (broad SMARTS) is 1. The van der Waals surface area contributed by atoms with Gasteiger partial charge in [0.05, 0.1) is 41.1 Å². The van der Waals surface area contributed by atoms with E-state index in [4.69, 9.17) is 14.5 Å². The van der Waals surface area contributed by atoms with Crippen molar-refractivity contribution in [1.29, 1.82) is 5.26 Å². The van der Waals surface area contributed by atoms with Gasteiger partial charge in [-0.15, -0.1) is 0 Å². The summed E-state index contributed by atoms with van der Waals surface area (Å²) in [5.41, 5.74) is -3.05. The first-order chi connectivity index (χ1) is 18.8. The summed E-state index contributed by atoms with van der Waals surface area (Å²) in [5, 5.41) is 24.8. The summed E-state index contributed by atoms with van der Waals surface area (Å²) in [5.74, 6) is -2.20.